The van der Waals surface area contributed by atoms with Crippen LogP contribution in [0.3, 0.4) is 0 Å². The molecule has 0 saturated heterocycles. The summed E-state index contributed by atoms with van der Waals surface area (Å²) in [5.41, 5.74) is 9.52. The summed E-state index contributed by atoms with van der Waals surface area (Å²) in [7, 11) is 0. The van der Waals surface area contributed by atoms with Crippen molar-refractivity contribution in [1.82, 2.24) is 4.98 Å². The highest BCUT2D eigenvalue weighted by Crippen LogP contribution is 2.27. The average Bonchev–Trinajstić information content (AvgIpc) is 2.29. The quantitative estimate of drug-likeness (QED) is 0.915. The first-order chi connectivity index (χ1) is 7.68. The Labute approximate surface area is 104 Å². The summed E-state index contributed by atoms with van der Waals surface area (Å²) in [4.78, 5) is 4.08. The minimum absolute atomic E-state index is 0.135. The smallest absolute Gasteiger partial charge is 0.0578 e. The molecule has 82 valence electrons. The summed E-state index contributed by atoms with van der Waals surface area (Å²) < 4.78 is 1.05. The van der Waals surface area contributed by atoms with E-state index in [1.165, 1.54) is 5.56 Å². The number of nitrogens with zero attached hydrogens (tertiary/aromatic N) is 1. The van der Waals surface area contributed by atoms with Gasteiger partial charge in [0.05, 0.1) is 6.04 Å². The standard InChI is InChI=1S/C13H13BrN2/c1-9-4-5-11(12(14)7-9)13(15)10-3-2-6-16-8-10/h2-8,13H,15H2,1H3. The van der Waals surface area contributed by atoms with E-state index in [4.69, 9.17) is 5.73 Å². The van der Waals surface area contributed by atoms with Gasteiger partial charge in [-0.25, -0.2) is 0 Å². The van der Waals surface area contributed by atoms with E-state index in [9.17, 15) is 0 Å². The van der Waals surface area contributed by atoms with Gasteiger partial charge in [-0.05, 0) is 35.7 Å². The van der Waals surface area contributed by atoms with Crippen molar-refractivity contribution in [3.63, 3.8) is 0 Å². The number of benzene rings is 1. The first-order valence-corrected chi connectivity index (χ1v) is 5.89. The molecule has 1 unspecified atom stereocenters. The maximum atomic E-state index is 6.20. The summed E-state index contributed by atoms with van der Waals surface area (Å²) >= 11 is 3.54. The van der Waals surface area contributed by atoms with Crippen LogP contribution in [0.25, 0.3) is 0 Å². The molecular formula is C13H13BrN2. The summed E-state index contributed by atoms with van der Waals surface area (Å²) in [6, 6.07) is 9.95. The van der Waals surface area contributed by atoms with E-state index < -0.39 is 0 Å². The van der Waals surface area contributed by atoms with E-state index in [-0.39, 0.29) is 6.04 Å². The Kier molecular flexibility index (Phi) is 3.36. The molecule has 1 heterocycles. The molecule has 0 fully saturated rings. The highest BCUT2D eigenvalue weighted by Gasteiger charge is 2.11. The van der Waals surface area contributed by atoms with Crippen molar-refractivity contribution in [3.8, 4) is 0 Å². The minimum atomic E-state index is -0.135. The van der Waals surface area contributed by atoms with Crippen LogP contribution in [0.5, 0.6) is 0 Å². The van der Waals surface area contributed by atoms with Gasteiger partial charge in [-0.2, -0.15) is 0 Å². The molecule has 1 aromatic carbocycles. The Morgan fingerprint density at radius 1 is 1.31 bits per heavy atom. The van der Waals surface area contributed by atoms with Crippen LogP contribution < -0.4 is 5.73 Å². The van der Waals surface area contributed by atoms with Crippen molar-refractivity contribution in [2.24, 2.45) is 5.73 Å². The zero-order chi connectivity index (χ0) is 11.5. The second-order valence-corrected chi connectivity index (χ2v) is 4.64. The highest BCUT2D eigenvalue weighted by atomic mass is 79.9. The number of halogens is 1. The third-order valence-corrected chi connectivity index (χ3v) is 3.22. The molecule has 0 aliphatic heterocycles. The Balaban J connectivity index is 2.38. The predicted octanol–water partition coefficient (Wildman–Crippen LogP) is 3.20. The van der Waals surface area contributed by atoms with Gasteiger partial charge in [0.2, 0.25) is 0 Å². The minimum Gasteiger partial charge on any atom is -0.320 e. The number of pyridine rings is 1. The van der Waals surface area contributed by atoms with Crippen molar-refractivity contribution >= 4 is 15.9 Å². The molecular weight excluding hydrogens is 264 g/mol. The molecule has 0 saturated carbocycles. The molecule has 3 heteroatoms. The van der Waals surface area contributed by atoms with E-state index in [1.54, 1.807) is 12.4 Å². The van der Waals surface area contributed by atoms with Crippen LogP contribution in [0.4, 0.5) is 0 Å². The van der Waals surface area contributed by atoms with Gasteiger partial charge in [0.1, 0.15) is 0 Å². The summed E-state index contributed by atoms with van der Waals surface area (Å²) in [5.74, 6) is 0. The van der Waals surface area contributed by atoms with Crippen molar-refractivity contribution in [2.75, 3.05) is 0 Å². The molecule has 2 nitrogen and oxygen atoms in total. The summed E-state index contributed by atoms with van der Waals surface area (Å²) in [5, 5.41) is 0. The Morgan fingerprint density at radius 2 is 2.12 bits per heavy atom. The van der Waals surface area contributed by atoms with E-state index in [2.05, 4.69) is 46.0 Å². The van der Waals surface area contributed by atoms with Crippen molar-refractivity contribution in [3.05, 3.63) is 63.9 Å². The van der Waals surface area contributed by atoms with Crippen LogP contribution in [-0.2, 0) is 0 Å². The fourth-order valence-corrected chi connectivity index (χ4v) is 2.36. The van der Waals surface area contributed by atoms with Gasteiger partial charge in [0, 0.05) is 16.9 Å². The predicted molar refractivity (Wildman–Crippen MR) is 69.1 cm³/mol. The third-order valence-electron chi connectivity index (χ3n) is 2.53. The van der Waals surface area contributed by atoms with E-state index >= 15 is 0 Å². The first-order valence-electron chi connectivity index (χ1n) is 5.10. The molecule has 2 aromatic rings. The largest absolute Gasteiger partial charge is 0.320 e. The Morgan fingerprint density at radius 3 is 2.75 bits per heavy atom. The Bertz CT molecular complexity index is 483. The molecule has 1 atom stereocenters. The molecule has 16 heavy (non-hydrogen) atoms. The number of nitrogens with two attached hydrogens (primary N) is 1. The molecule has 2 N–H and O–H groups in total. The zero-order valence-electron chi connectivity index (χ0n) is 9.02. The maximum absolute atomic E-state index is 6.20. The van der Waals surface area contributed by atoms with E-state index in [0.717, 1.165) is 15.6 Å². The topological polar surface area (TPSA) is 38.9 Å². The zero-order valence-corrected chi connectivity index (χ0v) is 10.6. The summed E-state index contributed by atoms with van der Waals surface area (Å²) in [6.07, 6.45) is 3.55. The average molecular weight is 277 g/mol. The molecule has 0 aliphatic rings. The van der Waals surface area contributed by atoms with Gasteiger partial charge >= 0.3 is 0 Å². The molecule has 0 aliphatic carbocycles. The monoisotopic (exact) mass is 276 g/mol. The van der Waals surface area contributed by atoms with Crippen LogP contribution in [0, 0.1) is 6.92 Å². The number of hydrogen-bond donors (Lipinski definition) is 1. The van der Waals surface area contributed by atoms with Gasteiger partial charge in [-0.1, -0.05) is 34.1 Å². The molecule has 2 rings (SSSR count). The molecule has 1 aromatic heterocycles. The third kappa shape index (κ3) is 2.31. The number of rotatable bonds is 2. The molecule has 0 bridgehead atoms. The maximum Gasteiger partial charge on any atom is 0.0578 e. The summed E-state index contributed by atoms with van der Waals surface area (Å²) in [6.45, 7) is 2.06. The van der Waals surface area contributed by atoms with E-state index in [1.807, 2.05) is 12.1 Å². The molecule has 0 spiro atoms. The fraction of sp³-hybridized carbons (Fsp3) is 0.154. The van der Waals surface area contributed by atoms with Crippen LogP contribution >= 0.6 is 15.9 Å². The van der Waals surface area contributed by atoms with Gasteiger partial charge in [-0.15, -0.1) is 0 Å². The second kappa shape index (κ2) is 4.76. The first kappa shape index (κ1) is 11.3. The van der Waals surface area contributed by atoms with Crippen LogP contribution in [0.2, 0.25) is 0 Å². The Hall–Kier alpha value is -1.19. The van der Waals surface area contributed by atoms with Crippen LogP contribution in [0.15, 0.2) is 47.2 Å². The fourth-order valence-electron chi connectivity index (χ4n) is 1.62. The van der Waals surface area contributed by atoms with Crippen molar-refractivity contribution in [2.45, 2.75) is 13.0 Å². The number of hydrogen-bond acceptors (Lipinski definition) is 2. The number of aryl methyl sites for hydroxylation is 1. The lowest BCUT2D eigenvalue weighted by Gasteiger charge is -2.14. The second-order valence-electron chi connectivity index (χ2n) is 3.79. The lowest BCUT2D eigenvalue weighted by atomic mass is 10.0. The van der Waals surface area contributed by atoms with Gasteiger partial charge in [0.15, 0.2) is 0 Å². The molecule has 0 radical (unpaired) electrons. The van der Waals surface area contributed by atoms with Crippen LogP contribution in [-0.4, -0.2) is 4.98 Å². The van der Waals surface area contributed by atoms with Gasteiger partial charge in [-0.3, -0.25) is 4.98 Å². The number of aromatic nitrogens is 1. The lowest BCUT2D eigenvalue weighted by molar-refractivity contribution is 0.857. The van der Waals surface area contributed by atoms with Crippen LogP contribution in [0.1, 0.15) is 22.7 Å². The van der Waals surface area contributed by atoms with Gasteiger partial charge in [0.25, 0.3) is 0 Å². The van der Waals surface area contributed by atoms with Crippen molar-refractivity contribution in [1.29, 1.82) is 0 Å². The lowest BCUT2D eigenvalue weighted by Crippen LogP contribution is -2.12. The van der Waals surface area contributed by atoms with E-state index in [0.29, 0.717) is 0 Å². The SMILES string of the molecule is Cc1ccc(C(N)c2cccnc2)c(Br)c1. The highest BCUT2D eigenvalue weighted by molar-refractivity contribution is 9.10. The van der Waals surface area contributed by atoms with Crippen molar-refractivity contribution < 1.29 is 0 Å². The van der Waals surface area contributed by atoms with Gasteiger partial charge < -0.3 is 5.73 Å². The normalized spacial score (nSPS) is 12.4. The molecule has 0 amide bonds.